The van der Waals surface area contributed by atoms with Crippen molar-refractivity contribution < 1.29 is 5.11 Å². The Bertz CT molecular complexity index is 166. The van der Waals surface area contributed by atoms with Gasteiger partial charge in [-0.3, -0.25) is 0 Å². The summed E-state index contributed by atoms with van der Waals surface area (Å²) in [5.41, 5.74) is 0.153. The monoisotopic (exact) mass is 197 g/mol. The third-order valence-electron chi connectivity index (χ3n) is 3.98. The summed E-state index contributed by atoms with van der Waals surface area (Å²) in [5.74, 6) is 1.53. The molecule has 1 rings (SSSR count). The number of aliphatic hydroxyl groups excluding tert-OH is 1. The Hall–Kier alpha value is -0.0400. The normalized spacial score (nSPS) is 36.0. The minimum Gasteiger partial charge on any atom is -0.393 e. The van der Waals surface area contributed by atoms with E-state index in [1.165, 1.54) is 12.8 Å². The van der Waals surface area contributed by atoms with Crippen LogP contribution in [-0.4, -0.2) is 11.2 Å². The zero-order chi connectivity index (χ0) is 10.8. The fourth-order valence-electron chi connectivity index (χ4n) is 2.54. The Morgan fingerprint density at radius 2 is 2.14 bits per heavy atom. The first-order valence-corrected chi connectivity index (χ1v) is 6.01. The Labute approximate surface area is 88.9 Å². The molecule has 0 aliphatic heterocycles. The van der Waals surface area contributed by atoms with E-state index < -0.39 is 0 Å². The van der Waals surface area contributed by atoms with Crippen LogP contribution in [0.4, 0.5) is 0 Å². The van der Waals surface area contributed by atoms with Gasteiger partial charge in [-0.1, -0.05) is 27.7 Å². The second-order valence-corrected chi connectivity index (χ2v) is 5.46. The summed E-state index contributed by atoms with van der Waals surface area (Å²) in [5, 5.41) is 9.95. The summed E-state index contributed by atoms with van der Waals surface area (Å²) in [7, 11) is 0. The summed E-state index contributed by atoms with van der Waals surface area (Å²) >= 11 is 0. The van der Waals surface area contributed by atoms with Crippen molar-refractivity contribution in [1.29, 1.82) is 0 Å². The van der Waals surface area contributed by atoms with Gasteiger partial charge in [0.15, 0.2) is 0 Å². The predicted molar refractivity (Wildman–Crippen MR) is 60.9 cm³/mol. The highest BCUT2D eigenvalue weighted by Crippen LogP contribution is 2.43. The molecule has 83 valence electrons. The van der Waals surface area contributed by atoms with Gasteiger partial charge in [0.1, 0.15) is 0 Å². The average molecular weight is 197 g/mol. The first-order chi connectivity index (χ1) is 6.49. The molecule has 0 amide bonds. The first kappa shape index (κ1) is 12.0. The molecule has 0 bridgehead atoms. The van der Waals surface area contributed by atoms with E-state index in [1.807, 2.05) is 0 Å². The first-order valence-electron chi connectivity index (χ1n) is 6.01. The van der Waals surface area contributed by atoms with E-state index >= 15 is 0 Å². The number of hydrogen-bond donors (Lipinski definition) is 1. The van der Waals surface area contributed by atoms with Gasteiger partial charge >= 0.3 is 0 Å². The molecule has 0 aromatic carbocycles. The summed E-state index contributed by atoms with van der Waals surface area (Å²) in [6.07, 6.45) is 6.73. The van der Waals surface area contributed by atoms with Crippen LogP contribution in [0.5, 0.6) is 0 Å². The lowest BCUT2D eigenvalue weighted by atomic mass is 9.66. The highest BCUT2D eigenvalue weighted by molar-refractivity contribution is 4.96. The third-order valence-corrected chi connectivity index (χ3v) is 3.98. The van der Waals surface area contributed by atoms with E-state index in [0.717, 1.165) is 24.7 Å². The van der Waals surface area contributed by atoms with E-state index in [0.29, 0.717) is 0 Å². The molecule has 1 radical (unpaired) electrons. The largest absolute Gasteiger partial charge is 0.393 e. The number of aliphatic hydroxyl groups is 1. The lowest BCUT2D eigenvalue weighted by Gasteiger charge is -2.41. The molecule has 0 aromatic rings. The predicted octanol–water partition coefficient (Wildman–Crippen LogP) is 3.42. The second kappa shape index (κ2) is 4.65. The SMILES string of the molecule is CCC(O)C1(C)C[CH]C(C(C)C)CC1. The maximum atomic E-state index is 9.95. The molecule has 1 fully saturated rings. The molecular weight excluding hydrogens is 172 g/mol. The minimum absolute atomic E-state index is 0.119. The molecule has 1 aliphatic rings. The molecule has 1 N–H and O–H groups in total. The molecule has 0 aromatic heterocycles. The van der Waals surface area contributed by atoms with Gasteiger partial charge < -0.3 is 5.11 Å². The van der Waals surface area contributed by atoms with Gasteiger partial charge in [-0.15, -0.1) is 0 Å². The van der Waals surface area contributed by atoms with Crippen LogP contribution in [0.1, 0.15) is 53.4 Å². The summed E-state index contributed by atoms with van der Waals surface area (Å²) in [4.78, 5) is 0. The molecule has 0 heterocycles. The van der Waals surface area contributed by atoms with Crippen molar-refractivity contribution in [2.45, 2.75) is 59.5 Å². The molecule has 1 aliphatic carbocycles. The van der Waals surface area contributed by atoms with Crippen LogP contribution in [0.2, 0.25) is 0 Å². The van der Waals surface area contributed by atoms with Gasteiger partial charge in [0.05, 0.1) is 6.10 Å². The molecule has 3 unspecified atom stereocenters. The molecule has 14 heavy (non-hydrogen) atoms. The lowest BCUT2D eigenvalue weighted by molar-refractivity contribution is 0.00807. The molecule has 1 saturated carbocycles. The van der Waals surface area contributed by atoms with Gasteiger partial charge in [0.25, 0.3) is 0 Å². The fourth-order valence-corrected chi connectivity index (χ4v) is 2.54. The van der Waals surface area contributed by atoms with Crippen LogP contribution in [0.15, 0.2) is 0 Å². The van der Waals surface area contributed by atoms with Crippen molar-refractivity contribution in [2.75, 3.05) is 0 Å². The van der Waals surface area contributed by atoms with Crippen molar-refractivity contribution >= 4 is 0 Å². The van der Waals surface area contributed by atoms with Gasteiger partial charge in [-0.25, -0.2) is 0 Å². The quantitative estimate of drug-likeness (QED) is 0.735. The standard InChI is InChI=1S/C13H25O/c1-5-12(14)13(4)8-6-11(7-9-13)10(2)3/h6,10-12,14H,5,7-9H2,1-4H3. The fraction of sp³-hybridized carbons (Fsp3) is 0.923. The topological polar surface area (TPSA) is 20.2 Å². The smallest absolute Gasteiger partial charge is 0.0591 e. The van der Waals surface area contributed by atoms with E-state index in [1.54, 1.807) is 0 Å². The molecular formula is C13H25O. The van der Waals surface area contributed by atoms with Crippen LogP contribution in [0.25, 0.3) is 0 Å². The van der Waals surface area contributed by atoms with Crippen LogP contribution in [-0.2, 0) is 0 Å². The van der Waals surface area contributed by atoms with Crippen molar-refractivity contribution in [3.63, 3.8) is 0 Å². The van der Waals surface area contributed by atoms with Crippen molar-refractivity contribution in [3.05, 3.63) is 6.42 Å². The average Bonchev–Trinajstić information content (AvgIpc) is 2.17. The zero-order valence-corrected chi connectivity index (χ0v) is 10.1. The van der Waals surface area contributed by atoms with E-state index in [9.17, 15) is 5.11 Å². The molecule has 0 spiro atoms. The van der Waals surface area contributed by atoms with Crippen molar-refractivity contribution in [1.82, 2.24) is 0 Å². The number of rotatable bonds is 3. The van der Waals surface area contributed by atoms with Crippen LogP contribution in [0.3, 0.4) is 0 Å². The molecule has 1 nitrogen and oxygen atoms in total. The van der Waals surface area contributed by atoms with E-state index in [-0.39, 0.29) is 11.5 Å². The van der Waals surface area contributed by atoms with Crippen molar-refractivity contribution in [3.8, 4) is 0 Å². The zero-order valence-electron chi connectivity index (χ0n) is 10.1. The summed E-state index contributed by atoms with van der Waals surface area (Å²) < 4.78 is 0. The van der Waals surface area contributed by atoms with Gasteiger partial charge in [0, 0.05) is 0 Å². The second-order valence-electron chi connectivity index (χ2n) is 5.46. The van der Waals surface area contributed by atoms with Gasteiger partial charge in [-0.05, 0) is 49.4 Å². The van der Waals surface area contributed by atoms with Gasteiger partial charge in [0.2, 0.25) is 0 Å². The Balaban J connectivity index is 2.48. The highest BCUT2D eigenvalue weighted by atomic mass is 16.3. The highest BCUT2D eigenvalue weighted by Gasteiger charge is 2.36. The summed E-state index contributed by atoms with van der Waals surface area (Å²) in [6, 6.07) is 0. The molecule has 0 saturated heterocycles. The third kappa shape index (κ3) is 2.50. The van der Waals surface area contributed by atoms with E-state index in [2.05, 4.69) is 34.1 Å². The summed E-state index contributed by atoms with van der Waals surface area (Å²) in [6.45, 7) is 8.89. The Morgan fingerprint density at radius 3 is 2.50 bits per heavy atom. The van der Waals surface area contributed by atoms with Crippen LogP contribution < -0.4 is 0 Å². The van der Waals surface area contributed by atoms with Crippen molar-refractivity contribution in [2.24, 2.45) is 17.3 Å². The lowest BCUT2D eigenvalue weighted by Crippen LogP contribution is -2.37. The maximum absolute atomic E-state index is 9.95. The van der Waals surface area contributed by atoms with Crippen LogP contribution >= 0.6 is 0 Å². The minimum atomic E-state index is -0.119. The number of hydrogen-bond acceptors (Lipinski definition) is 1. The molecule has 1 heteroatoms. The van der Waals surface area contributed by atoms with Gasteiger partial charge in [-0.2, -0.15) is 0 Å². The van der Waals surface area contributed by atoms with E-state index in [4.69, 9.17) is 0 Å². The van der Waals surface area contributed by atoms with Crippen LogP contribution in [0, 0.1) is 23.7 Å². The Kier molecular flexibility index (Phi) is 4.00. The molecule has 3 atom stereocenters. The Morgan fingerprint density at radius 1 is 1.50 bits per heavy atom. The maximum Gasteiger partial charge on any atom is 0.0591 e.